The number of furan rings is 1. The van der Waals surface area contributed by atoms with Gasteiger partial charge in [0.25, 0.3) is 5.69 Å². The molecule has 2 aromatic heterocycles. The number of aromatic nitrogens is 2. The Kier molecular flexibility index (Phi) is 4.94. The number of nitro benzene ring substituents is 1. The monoisotopic (exact) mass is 394 g/mol. The zero-order chi connectivity index (χ0) is 20.4. The van der Waals surface area contributed by atoms with Crippen molar-refractivity contribution in [1.82, 2.24) is 15.1 Å². The van der Waals surface area contributed by atoms with E-state index >= 15 is 0 Å². The molecule has 148 valence electrons. The van der Waals surface area contributed by atoms with Gasteiger partial charge in [0.1, 0.15) is 11.5 Å². The number of rotatable bonds is 7. The second kappa shape index (κ2) is 7.70. The highest BCUT2D eigenvalue weighted by molar-refractivity contribution is 5.91. The van der Waals surface area contributed by atoms with Crippen LogP contribution in [0.4, 0.5) is 5.69 Å². The highest BCUT2D eigenvalue weighted by Gasteiger charge is 2.33. The largest absolute Gasteiger partial charge is 0.462 e. The lowest BCUT2D eigenvalue weighted by molar-refractivity contribution is -0.384. The van der Waals surface area contributed by atoms with Crippen molar-refractivity contribution in [2.45, 2.75) is 32.4 Å². The van der Waals surface area contributed by atoms with E-state index < -0.39 is 4.92 Å². The van der Waals surface area contributed by atoms with Crippen molar-refractivity contribution >= 4 is 17.7 Å². The van der Waals surface area contributed by atoms with Gasteiger partial charge < -0.3 is 13.7 Å². The Bertz CT molecular complexity index is 1080. The molecule has 0 saturated heterocycles. The molecule has 0 radical (unpaired) electrons. The Morgan fingerprint density at radius 3 is 2.79 bits per heavy atom. The van der Waals surface area contributed by atoms with E-state index in [2.05, 4.69) is 10.2 Å². The number of carbonyl (C=O) groups excluding carboxylic acids is 1. The average molecular weight is 394 g/mol. The number of amides is 1. The van der Waals surface area contributed by atoms with Crippen molar-refractivity contribution in [2.24, 2.45) is 0 Å². The minimum Gasteiger partial charge on any atom is -0.462 e. The molecule has 2 heterocycles. The fourth-order valence-corrected chi connectivity index (χ4v) is 2.90. The van der Waals surface area contributed by atoms with Crippen molar-refractivity contribution in [1.29, 1.82) is 0 Å². The van der Waals surface area contributed by atoms with Gasteiger partial charge in [-0.3, -0.25) is 14.9 Å². The lowest BCUT2D eigenvalue weighted by Gasteiger charge is -2.18. The van der Waals surface area contributed by atoms with Gasteiger partial charge in [-0.1, -0.05) is 6.07 Å². The van der Waals surface area contributed by atoms with Gasteiger partial charge in [0.15, 0.2) is 0 Å². The Morgan fingerprint density at radius 1 is 1.28 bits per heavy atom. The van der Waals surface area contributed by atoms with Crippen LogP contribution in [0.15, 0.2) is 51.3 Å². The van der Waals surface area contributed by atoms with E-state index in [-0.39, 0.29) is 36.0 Å². The van der Waals surface area contributed by atoms with Crippen molar-refractivity contribution in [2.75, 3.05) is 0 Å². The molecule has 4 rings (SSSR count). The number of benzene rings is 1. The molecule has 9 nitrogen and oxygen atoms in total. The topological polar surface area (TPSA) is 116 Å². The zero-order valence-corrected chi connectivity index (χ0v) is 15.6. The molecule has 3 aromatic rings. The van der Waals surface area contributed by atoms with Crippen LogP contribution in [0.5, 0.6) is 0 Å². The first-order valence-corrected chi connectivity index (χ1v) is 9.12. The fraction of sp³-hybridized carbons (Fsp3) is 0.250. The molecular formula is C20H18N4O5. The number of hydrogen-bond donors (Lipinski definition) is 0. The maximum Gasteiger partial charge on any atom is 0.270 e. The summed E-state index contributed by atoms with van der Waals surface area (Å²) in [7, 11) is 0. The third kappa shape index (κ3) is 4.40. The van der Waals surface area contributed by atoms with E-state index in [1.54, 1.807) is 29.2 Å². The first-order valence-electron chi connectivity index (χ1n) is 9.12. The Morgan fingerprint density at radius 2 is 2.10 bits per heavy atom. The average Bonchev–Trinajstić information content (AvgIpc) is 3.29. The van der Waals surface area contributed by atoms with Gasteiger partial charge in [-0.2, -0.15) is 0 Å². The molecule has 0 aliphatic heterocycles. The summed E-state index contributed by atoms with van der Waals surface area (Å²) >= 11 is 0. The van der Waals surface area contributed by atoms with Gasteiger partial charge in [0.05, 0.1) is 11.5 Å². The summed E-state index contributed by atoms with van der Waals surface area (Å²) in [5, 5.41) is 18.9. The van der Waals surface area contributed by atoms with E-state index in [0.29, 0.717) is 11.3 Å². The summed E-state index contributed by atoms with van der Waals surface area (Å²) in [6.07, 6.45) is 4.94. The molecule has 0 bridgehead atoms. The summed E-state index contributed by atoms with van der Waals surface area (Å²) in [5.74, 6) is 1.66. The predicted octanol–water partition coefficient (Wildman–Crippen LogP) is 3.75. The molecule has 0 atom stereocenters. The van der Waals surface area contributed by atoms with Crippen LogP contribution in [0, 0.1) is 17.0 Å². The molecular weight excluding hydrogens is 376 g/mol. The van der Waals surface area contributed by atoms with Crippen molar-refractivity contribution < 1.29 is 18.6 Å². The van der Waals surface area contributed by atoms with Gasteiger partial charge in [-0.05, 0) is 44.0 Å². The summed E-state index contributed by atoms with van der Waals surface area (Å²) in [6, 6.07) is 9.73. The van der Waals surface area contributed by atoms with E-state index in [1.165, 1.54) is 18.2 Å². The normalized spacial score (nSPS) is 13.7. The van der Waals surface area contributed by atoms with Crippen LogP contribution in [0.1, 0.15) is 30.3 Å². The Labute approximate surface area is 165 Å². The van der Waals surface area contributed by atoms with Gasteiger partial charge in [-0.25, -0.2) is 0 Å². The number of aryl methyl sites for hydroxylation is 1. The summed E-state index contributed by atoms with van der Waals surface area (Å²) in [6.45, 7) is 2.01. The van der Waals surface area contributed by atoms with Crippen LogP contribution >= 0.6 is 0 Å². The number of carbonyl (C=O) groups is 1. The second-order valence-corrected chi connectivity index (χ2v) is 6.79. The van der Waals surface area contributed by atoms with E-state index in [0.717, 1.165) is 18.6 Å². The number of nitro groups is 1. The smallest absolute Gasteiger partial charge is 0.270 e. The molecule has 0 unspecified atom stereocenters. The van der Waals surface area contributed by atoms with Gasteiger partial charge in [0, 0.05) is 29.8 Å². The van der Waals surface area contributed by atoms with Crippen molar-refractivity contribution in [3.63, 3.8) is 0 Å². The third-order valence-corrected chi connectivity index (χ3v) is 4.50. The first kappa shape index (κ1) is 18.6. The molecule has 1 aliphatic rings. The third-order valence-electron chi connectivity index (χ3n) is 4.50. The lowest BCUT2D eigenvalue weighted by atomic mass is 10.2. The van der Waals surface area contributed by atoms with E-state index in [1.807, 2.05) is 13.0 Å². The van der Waals surface area contributed by atoms with Gasteiger partial charge >= 0.3 is 0 Å². The van der Waals surface area contributed by atoms with Crippen molar-refractivity contribution in [3.05, 3.63) is 70.0 Å². The Balaban J connectivity index is 1.48. The second-order valence-electron chi connectivity index (χ2n) is 6.79. The summed E-state index contributed by atoms with van der Waals surface area (Å²) in [4.78, 5) is 24.8. The van der Waals surface area contributed by atoms with E-state index in [4.69, 9.17) is 8.83 Å². The van der Waals surface area contributed by atoms with Crippen LogP contribution < -0.4 is 0 Å². The summed E-state index contributed by atoms with van der Waals surface area (Å²) in [5.41, 5.74) is 0.394. The highest BCUT2D eigenvalue weighted by atomic mass is 16.6. The molecule has 1 amide bonds. The quantitative estimate of drug-likeness (QED) is 0.340. The molecule has 1 aliphatic carbocycles. The molecule has 1 aromatic carbocycles. The standard InChI is InChI=1S/C20H18N4O5/c1-13-5-8-17(28-13)9-10-19(25)23(15-6-7-15)12-18-21-22-20(29-18)14-3-2-4-16(11-14)24(26)27/h2-5,8-11,15H,6-7,12H2,1H3/b10-9+. The fourth-order valence-electron chi connectivity index (χ4n) is 2.90. The highest BCUT2D eigenvalue weighted by Crippen LogP contribution is 2.29. The molecule has 29 heavy (non-hydrogen) atoms. The van der Waals surface area contributed by atoms with Crippen LogP contribution in [-0.2, 0) is 11.3 Å². The minimum atomic E-state index is -0.485. The van der Waals surface area contributed by atoms with E-state index in [9.17, 15) is 14.9 Å². The molecule has 0 spiro atoms. The summed E-state index contributed by atoms with van der Waals surface area (Å²) < 4.78 is 11.1. The number of nitrogens with zero attached hydrogens (tertiary/aromatic N) is 4. The minimum absolute atomic E-state index is 0.0599. The van der Waals surface area contributed by atoms with Crippen LogP contribution in [0.25, 0.3) is 17.5 Å². The SMILES string of the molecule is Cc1ccc(/C=C/C(=O)N(Cc2nnc(-c3cccc([N+](=O)[O-])c3)o2)C2CC2)o1. The number of hydrogen-bond acceptors (Lipinski definition) is 7. The zero-order valence-electron chi connectivity index (χ0n) is 15.6. The predicted molar refractivity (Wildman–Crippen MR) is 102 cm³/mol. The van der Waals surface area contributed by atoms with Gasteiger partial charge in [0.2, 0.25) is 17.7 Å². The Hall–Kier alpha value is -3.75. The molecule has 9 heteroatoms. The molecule has 1 saturated carbocycles. The van der Waals surface area contributed by atoms with Crippen LogP contribution in [0.3, 0.4) is 0 Å². The van der Waals surface area contributed by atoms with Gasteiger partial charge in [-0.15, -0.1) is 10.2 Å². The van der Waals surface area contributed by atoms with Crippen molar-refractivity contribution in [3.8, 4) is 11.5 Å². The first-order chi connectivity index (χ1) is 14.0. The number of non-ortho nitro benzene ring substituents is 1. The maximum absolute atomic E-state index is 12.6. The van der Waals surface area contributed by atoms with Crippen LogP contribution in [0.2, 0.25) is 0 Å². The molecule has 1 fully saturated rings. The lowest BCUT2D eigenvalue weighted by Crippen LogP contribution is -2.31. The molecule has 0 N–H and O–H groups in total. The van der Waals surface area contributed by atoms with Crippen LogP contribution in [-0.4, -0.2) is 32.0 Å². The maximum atomic E-state index is 12.6.